The minimum atomic E-state index is -0.134. The van der Waals surface area contributed by atoms with Gasteiger partial charge in [0.05, 0.1) is 35.6 Å². The Morgan fingerprint density at radius 2 is 1.81 bits per heavy atom. The molecule has 3 aromatic rings. The van der Waals surface area contributed by atoms with Crippen molar-refractivity contribution in [1.82, 2.24) is 19.8 Å². The van der Waals surface area contributed by atoms with Gasteiger partial charge in [0, 0.05) is 19.6 Å². The number of rotatable bonds is 8. The predicted octanol–water partition coefficient (Wildman–Crippen LogP) is 2.32. The Balaban J connectivity index is 1.41. The van der Waals surface area contributed by atoms with Crippen LogP contribution in [0.25, 0.3) is 16.6 Å². The van der Waals surface area contributed by atoms with Gasteiger partial charge in [0.25, 0.3) is 5.56 Å². The molecular weight excluding hydrogens is 412 g/mol. The third-order valence-electron chi connectivity index (χ3n) is 5.17. The summed E-state index contributed by atoms with van der Waals surface area (Å²) in [6.45, 7) is 5.06. The molecule has 1 aromatic heterocycles. The maximum absolute atomic E-state index is 13.2. The molecule has 1 N–H and O–H groups in total. The van der Waals surface area contributed by atoms with Gasteiger partial charge in [-0.1, -0.05) is 42.1 Å². The van der Waals surface area contributed by atoms with Crippen LogP contribution in [0.4, 0.5) is 0 Å². The predicted molar refractivity (Wildman–Crippen MR) is 123 cm³/mol. The highest BCUT2D eigenvalue weighted by atomic mass is 32.2. The van der Waals surface area contributed by atoms with Gasteiger partial charge in [-0.25, -0.2) is 4.98 Å². The largest absolute Gasteiger partial charge is 0.379 e. The second-order valence-electron chi connectivity index (χ2n) is 7.33. The molecule has 0 radical (unpaired) electrons. The number of ether oxygens (including phenoxy) is 1. The summed E-state index contributed by atoms with van der Waals surface area (Å²) >= 11 is 1.28. The molecule has 0 spiro atoms. The number of fused-ring (bicyclic) bond motifs is 1. The van der Waals surface area contributed by atoms with Crippen LogP contribution < -0.4 is 10.9 Å². The molecule has 4 rings (SSSR count). The number of carbonyl (C=O) groups is 1. The van der Waals surface area contributed by atoms with Crippen LogP contribution in [0.15, 0.2) is 64.5 Å². The second-order valence-corrected chi connectivity index (χ2v) is 8.28. The maximum Gasteiger partial charge on any atom is 0.266 e. The Morgan fingerprint density at radius 1 is 1.06 bits per heavy atom. The lowest BCUT2D eigenvalue weighted by Crippen LogP contribution is -2.38. The first kappa shape index (κ1) is 21.5. The maximum atomic E-state index is 13.2. The summed E-state index contributed by atoms with van der Waals surface area (Å²) in [5.74, 6) is 0.142. The molecule has 0 bridgehead atoms. The van der Waals surface area contributed by atoms with Crippen LogP contribution in [0, 0.1) is 0 Å². The molecule has 0 saturated carbocycles. The molecule has 1 fully saturated rings. The van der Waals surface area contributed by atoms with E-state index < -0.39 is 0 Å². The molecule has 31 heavy (non-hydrogen) atoms. The standard InChI is InChI=1S/C23H26N4O3S/c28-21(24-11-6-12-26-13-15-30-16-14-26)17-31-23-25-20-10-5-4-9-19(20)22(29)27(23)18-7-2-1-3-8-18/h1-5,7-10H,6,11-17H2,(H,24,28). The molecular formula is C23H26N4O3S. The van der Waals surface area contributed by atoms with Crippen LogP contribution in [0.5, 0.6) is 0 Å². The molecule has 0 atom stereocenters. The summed E-state index contributed by atoms with van der Waals surface area (Å²) in [4.78, 5) is 32.6. The highest BCUT2D eigenvalue weighted by Gasteiger charge is 2.15. The van der Waals surface area contributed by atoms with Crippen molar-refractivity contribution < 1.29 is 9.53 Å². The number of aromatic nitrogens is 2. The lowest BCUT2D eigenvalue weighted by atomic mass is 10.2. The van der Waals surface area contributed by atoms with Crippen LogP contribution in [0.3, 0.4) is 0 Å². The van der Waals surface area contributed by atoms with Crippen LogP contribution >= 0.6 is 11.8 Å². The van der Waals surface area contributed by atoms with Gasteiger partial charge in [-0.2, -0.15) is 0 Å². The van der Waals surface area contributed by atoms with Gasteiger partial charge < -0.3 is 10.1 Å². The van der Waals surface area contributed by atoms with Crippen molar-refractivity contribution in [2.24, 2.45) is 0 Å². The van der Waals surface area contributed by atoms with Gasteiger partial charge in [-0.3, -0.25) is 19.1 Å². The summed E-state index contributed by atoms with van der Waals surface area (Å²) in [5, 5.41) is 4.04. The van der Waals surface area contributed by atoms with Crippen LogP contribution in [0.2, 0.25) is 0 Å². The fourth-order valence-corrected chi connectivity index (χ4v) is 4.39. The third kappa shape index (κ3) is 5.52. The summed E-state index contributed by atoms with van der Waals surface area (Å²) in [6, 6.07) is 16.7. The summed E-state index contributed by atoms with van der Waals surface area (Å²) in [6.07, 6.45) is 0.902. The van der Waals surface area contributed by atoms with Crippen molar-refractivity contribution in [3.8, 4) is 5.69 Å². The van der Waals surface area contributed by atoms with E-state index in [1.165, 1.54) is 11.8 Å². The number of benzene rings is 2. The number of thioether (sulfide) groups is 1. The Labute approximate surface area is 185 Å². The average Bonchev–Trinajstić information content (AvgIpc) is 2.82. The van der Waals surface area contributed by atoms with Crippen LogP contribution in [-0.4, -0.2) is 65.5 Å². The molecule has 0 unspecified atom stereocenters. The smallest absolute Gasteiger partial charge is 0.266 e. The summed E-state index contributed by atoms with van der Waals surface area (Å²) < 4.78 is 6.93. The van der Waals surface area contributed by atoms with E-state index in [4.69, 9.17) is 4.74 Å². The number of amides is 1. The Morgan fingerprint density at radius 3 is 2.61 bits per heavy atom. The number of para-hydroxylation sites is 2. The highest BCUT2D eigenvalue weighted by molar-refractivity contribution is 7.99. The Kier molecular flexibility index (Phi) is 7.35. The fourth-order valence-electron chi connectivity index (χ4n) is 3.55. The molecule has 1 saturated heterocycles. The van der Waals surface area contributed by atoms with Crippen LogP contribution in [-0.2, 0) is 9.53 Å². The number of morpholine rings is 1. The number of nitrogens with one attached hydrogen (secondary N) is 1. The number of nitrogens with zero attached hydrogens (tertiary/aromatic N) is 3. The fraction of sp³-hybridized carbons (Fsp3) is 0.348. The zero-order chi connectivity index (χ0) is 21.5. The van der Waals surface area contributed by atoms with Crippen molar-refractivity contribution in [2.75, 3.05) is 45.1 Å². The zero-order valence-corrected chi connectivity index (χ0v) is 18.1. The topological polar surface area (TPSA) is 76.5 Å². The van der Waals surface area contributed by atoms with Crippen molar-refractivity contribution in [2.45, 2.75) is 11.6 Å². The van der Waals surface area contributed by atoms with E-state index >= 15 is 0 Å². The third-order valence-corrected chi connectivity index (χ3v) is 6.11. The first-order valence-electron chi connectivity index (χ1n) is 10.5. The molecule has 0 aliphatic carbocycles. The van der Waals surface area contributed by atoms with Gasteiger partial charge in [-0.15, -0.1) is 0 Å². The van der Waals surface area contributed by atoms with E-state index in [1.54, 1.807) is 10.6 Å². The van der Waals surface area contributed by atoms with Gasteiger partial charge in [-0.05, 0) is 37.2 Å². The molecule has 162 valence electrons. The molecule has 2 heterocycles. The minimum Gasteiger partial charge on any atom is -0.379 e. The lowest BCUT2D eigenvalue weighted by Gasteiger charge is -2.26. The van der Waals surface area contributed by atoms with Crippen molar-refractivity contribution in [3.05, 3.63) is 65.0 Å². The van der Waals surface area contributed by atoms with Crippen molar-refractivity contribution in [1.29, 1.82) is 0 Å². The Bertz CT molecular complexity index is 1080. The zero-order valence-electron chi connectivity index (χ0n) is 17.3. The van der Waals surface area contributed by atoms with E-state index in [1.807, 2.05) is 48.5 Å². The summed E-state index contributed by atoms with van der Waals surface area (Å²) in [7, 11) is 0. The number of hydrogen-bond acceptors (Lipinski definition) is 6. The van der Waals surface area contributed by atoms with E-state index in [2.05, 4.69) is 15.2 Å². The quantitative estimate of drug-likeness (QED) is 0.330. The highest BCUT2D eigenvalue weighted by Crippen LogP contribution is 2.21. The van der Waals surface area contributed by atoms with E-state index in [-0.39, 0.29) is 17.2 Å². The SMILES string of the molecule is O=C(CSc1nc2ccccc2c(=O)n1-c1ccccc1)NCCCN1CCOCC1. The van der Waals surface area contributed by atoms with Gasteiger partial charge >= 0.3 is 0 Å². The monoisotopic (exact) mass is 438 g/mol. The second kappa shape index (κ2) is 10.6. The molecule has 8 heteroatoms. The van der Waals surface area contributed by atoms with Crippen molar-refractivity contribution in [3.63, 3.8) is 0 Å². The number of carbonyl (C=O) groups excluding carboxylic acids is 1. The van der Waals surface area contributed by atoms with E-state index in [0.717, 1.165) is 45.0 Å². The minimum absolute atomic E-state index is 0.0611. The molecule has 7 nitrogen and oxygen atoms in total. The molecule has 1 aliphatic heterocycles. The normalized spacial score (nSPS) is 14.6. The first-order valence-corrected chi connectivity index (χ1v) is 11.5. The number of hydrogen-bond donors (Lipinski definition) is 1. The van der Waals surface area contributed by atoms with Gasteiger partial charge in [0.1, 0.15) is 0 Å². The molecule has 2 aromatic carbocycles. The molecule has 1 amide bonds. The van der Waals surface area contributed by atoms with E-state index in [0.29, 0.717) is 22.6 Å². The van der Waals surface area contributed by atoms with Gasteiger partial charge in [0.15, 0.2) is 5.16 Å². The van der Waals surface area contributed by atoms with Crippen LogP contribution in [0.1, 0.15) is 6.42 Å². The first-order chi connectivity index (χ1) is 15.2. The summed E-state index contributed by atoms with van der Waals surface area (Å²) in [5.41, 5.74) is 1.23. The average molecular weight is 439 g/mol. The Hall–Kier alpha value is -2.68. The van der Waals surface area contributed by atoms with E-state index in [9.17, 15) is 9.59 Å². The van der Waals surface area contributed by atoms with Crippen molar-refractivity contribution >= 4 is 28.6 Å². The lowest BCUT2D eigenvalue weighted by molar-refractivity contribution is -0.118. The molecule has 1 aliphatic rings. The van der Waals surface area contributed by atoms with Gasteiger partial charge in [0.2, 0.25) is 5.91 Å².